The molecule has 20 heavy (non-hydrogen) atoms. The van der Waals surface area contributed by atoms with Crippen LogP contribution in [0.15, 0.2) is 0 Å². The summed E-state index contributed by atoms with van der Waals surface area (Å²) in [6.07, 6.45) is -4.03. The van der Waals surface area contributed by atoms with E-state index in [1.165, 1.54) is 19.1 Å². The van der Waals surface area contributed by atoms with Crippen LogP contribution in [0.25, 0.3) is 0 Å². The molecular formula is C13H25F3N2O2. The first kappa shape index (κ1) is 19.2. The number of hydrogen-bond donors (Lipinski definition) is 1. The van der Waals surface area contributed by atoms with E-state index in [-0.39, 0.29) is 12.5 Å². The topological polar surface area (TPSA) is 41.6 Å². The second-order valence-electron chi connectivity index (χ2n) is 5.71. The first-order valence-electron chi connectivity index (χ1n) is 6.54. The van der Waals surface area contributed by atoms with E-state index in [2.05, 4.69) is 5.32 Å². The van der Waals surface area contributed by atoms with Crippen LogP contribution in [-0.4, -0.2) is 55.4 Å². The maximum atomic E-state index is 12.4. The zero-order valence-corrected chi connectivity index (χ0v) is 13.0. The zero-order valence-electron chi connectivity index (χ0n) is 13.0. The number of ether oxygens (including phenoxy) is 1. The molecule has 120 valence electrons. The predicted molar refractivity (Wildman–Crippen MR) is 71.5 cm³/mol. The Hall–Kier alpha value is -0.820. The minimum Gasteiger partial charge on any atom is -0.468 e. The molecule has 7 heteroatoms. The number of hydrogen-bond acceptors (Lipinski definition) is 4. The average molecular weight is 298 g/mol. The van der Waals surface area contributed by atoms with Gasteiger partial charge in [-0.15, -0.1) is 0 Å². The van der Waals surface area contributed by atoms with Crippen molar-refractivity contribution in [2.75, 3.05) is 20.7 Å². The molecule has 0 radical (unpaired) electrons. The maximum absolute atomic E-state index is 12.4. The van der Waals surface area contributed by atoms with Gasteiger partial charge in [0.05, 0.1) is 13.7 Å². The highest BCUT2D eigenvalue weighted by atomic mass is 19.4. The van der Waals surface area contributed by atoms with Crippen molar-refractivity contribution in [3.05, 3.63) is 0 Å². The average Bonchev–Trinajstić information content (AvgIpc) is 2.24. The molecule has 0 fully saturated rings. The normalized spacial score (nSPS) is 17.1. The Morgan fingerprint density at radius 1 is 1.30 bits per heavy atom. The van der Waals surface area contributed by atoms with E-state index in [1.807, 2.05) is 13.8 Å². The lowest BCUT2D eigenvalue weighted by molar-refractivity contribution is -0.152. The molecule has 4 nitrogen and oxygen atoms in total. The number of methoxy groups -OCH3 is 1. The van der Waals surface area contributed by atoms with Crippen molar-refractivity contribution < 1.29 is 22.7 Å². The van der Waals surface area contributed by atoms with Gasteiger partial charge in [0.15, 0.2) is 0 Å². The van der Waals surface area contributed by atoms with Gasteiger partial charge in [0.2, 0.25) is 0 Å². The lowest BCUT2D eigenvalue weighted by atomic mass is 9.92. The van der Waals surface area contributed by atoms with E-state index in [1.54, 1.807) is 13.8 Å². The number of carbonyl (C=O) groups excluding carboxylic acids is 1. The molecule has 0 rings (SSSR count). The van der Waals surface area contributed by atoms with Crippen molar-refractivity contribution >= 4 is 5.97 Å². The monoisotopic (exact) mass is 298 g/mol. The van der Waals surface area contributed by atoms with Crippen LogP contribution in [0.3, 0.4) is 0 Å². The van der Waals surface area contributed by atoms with Crippen molar-refractivity contribution in [1.29, 1.82) is 0 Å². The summed E-state index contributed by atoms with van der Waals surface area (Å²) in [6, 6.07) is -0.411. The number of alkyl halides is 3. The van der Waals surface area contributed by atoms with E-state index >= 15 is 0 Å². The lowest BCUT2D eigenvalue weighted by Crippen LogP contribution is -2.56. The largest absolute Gasteiger partial charge is 0.468 e. The SMILES string of the molecule is COC(=O)C(C)(CC(C)N(C)CC(F)(F)F)NC(C)C. The Morgan fingerprint density at radius 3 is 2.15 bits per heavy atom. The fraction of sp³-hybridized carbons (Fsp3) is 0.923. The Morgan fingerprint density at radius 2 is 1.80 bits per heavy atom. The van der Waals surface area contributed by atoms with Gasteiger partial charge in [-0.1, -0.05) is 0 Å². The van der Waals surface area contributed by atoms with Crippen molar-refractivity contribution in [3.63, 3.8) is 0 Å². The molecular weight excluding hydrogens is 273 g/mol. The third kappa shape index (κ3) is 6.56. The smallest absolute Gasteiger partial charge is 0.401 e. The Kier molecular flexibility index (Phi) is 6.97. The first-order valence-corrected chi connectivity index (χ1v) is 6.54. The lowest BCUT2D eigenvalue weighted by Gasteiger charge is -2.35. The molecule has 0 heterocycles. The summed E-state index contributed by atoms with van der Waals surface area (Å²) in [5.41, 5.74) is -1.01. The summed E-state index contributed by atoms with van der Waals surface area (Å²) >= 11 is 0. The van der Waals surface area contributed by atoms with E-state index in [9.17, 15) is 18.0 Å². The van der Waals surface area contributed by atoms with Crippen LogP contribution in [0.1, 0.15) is 34.1 Å². The highest BCUT2D eigenvalue weighted by Crippen LogP contribution is 2.22. The first-order chi connectivity index (χ1) is 8.91. The number of nitrogens with zero attached hydrogens (tertiary/aromatic N) is 1. The molecule has 0 aromatic heterocycles. The van der Waals surface area contributed by atoms with Crippen LogP contribution in [-0.2, 0) is 9.53 Å². The van der Waals surface area contributed by atoms with Gasteiger partial charge in [0.25, 0.3) is 0 Å². The Balaban J connectivity index is 4.85. The van der Waals surface area contributed by atoms with Gasteiger partial charge in [-0.2, -0.15) is 13.2 Å². The molecule has 0 aromatic rings. The van der Waals surface area contributed by atoms with Crippen LogP contribution in [0.5, 0.6) is 0 Å². The predicted octanol–water partition coefficient (Wildman–Crippen LogP) is 2.19. The molecule has 0 spiro atoms. The van der Waals surface area contributed by atoms with E-state index in [0.29, 0.717) is 0 Å². The van der Waals surface area contributed by atoms with Crippen molar-refractivity contribution in [2.24, 2.45) is 0 Å². The third-order valence-corrected chi connectivity index (χ3v) is 3.13. The van der Waals surface area contributed by atoms with Gasteiger partial charge in [-0.3, -0.25) is 15.0 Å². The van der Waals surface area contributed by atoms with Crippen LogP contribution < -0.4 is 5.32 Å². The van der Waals surface area contributed by atoms with Gasteiger partial charge in [-0.05, 0) is 41.2 Å². The minimum atomic E-state index is -4.25. The van der Waals surface area contributed by atoms with E-state index < -0.39 is 30.3 Å². The van der Waals surface area contributed by atoms with Gasteiger partial charge >= 0.3 is 12.1 Å². The molecule has 2 atom stereocenters. The maximum Gasteiger partial charge on any atom is 0.401 e. The summed E-state index contributed by atoms with van der Waals surface area (Å²) < 4.78 is 41.9. The molecule has 0 saturated carbocycles. The molecule has 2 unspecified atom stereocenters. The number of halogens is 3. The highest BCUT2D eigenvalue weighted by molar-refractivity contribution is 5.80. The molecule has 0 saturated heterocycles. The molecule has 0 aromatic carbocycles. The van der Waals surface area contributed by atoms with Crippen molar-refractivity contribution in [2.45, 2.75) is 57.9 Å². The van der Waals surface area contributed by atoms with Crippen LogP contribution in [0, 0.1) is 0 Å². The second-order valence-corrected chi connectivity index (χ2v) is 5.71. The second kappa shape index (κ2) is 7.26. The number of esters is 1. The van der Waals surface area contributed by atoms with Crippen LogP contribution in [0.2, 0.25) is 0 Å². The number of rotatable bonds is 7. The van der Waals surface area contributed by atoms with Gasteiger partial charge in [0, 0.05) is 12.1 Å². The van der Waals surface area contributed by atoms with E-state index in [4.69, 9.17) is 4.74 Å². The molecule has 1 N–H and O–H groups in total. The Labute approximate surface area is 118 Å². The quantitative estimate of drug-likeness (QED) is 0.732. The molecule has 0 amide bonds. The van der Waals surface area contributed by atoms with Gasteiger partial charge < -0.3 is 4.74 Å². The number of nitrogens with one attached hydrogen (secondary N) is 1. The van der Waals surface area contributed by atoms with Gasteiger partial charge in [0.1, 0.15) is 5.54 Å². The third-order valence-electron chi connectivity index (χ3n) is 3.13. The summed E-state index contributed by atoms with van der Waals surface area (Å²) in [4.78, 5) is 13.1. The number of carbonyl (C=O) groups is 1. The molecule has 0 aliphatic rings. The Bertz CT molecular complexity index is 321. The summed E-state index contributed by atoms with van der Waals surface area (Å²) in [7, 11) is 2.66. The van der Waals surface area contributed by atoms with Gasteiger partial charge in [-0.25, -0.2) is 0 Å². The molecule has 0 bridgehead atoms. The molecule has 0 aliphatic carbocycles. The summed E-state index contributed by atoms with van der Waals surface area (Å²) in [5, 5.41) is 3.07. The summed E-state index contributed by atoms with van der Waals surface area (Å²) in [5.74, 6) is -0.474. The fourth-order valence-electron chi connectivity index (χ4n) is 2.25. The standard InChI is InChI=1S/C13H25F3N2O2/c1-9(2)17-12(4,11(19)20-6)7-10(3)18(5)8-13(14,15)16/h9-10,17H,7-8H2,1-6H3. The molecule has 0 aliphatic heterocycles. The highest BCUT2D eigenvalue weighted by Gasteiger charge is 2.39. The van der Waals surface area contributed by atoms with Crippen molar-refractivity contribution in [1.82, 2.24) is 10.2 Å². The fourth-order valence-corrected chi connectivity index (χ4v) is 2.25. The van der Waals surface area contributed by atoms with Crippen molar-refractivity contribution in [3.8, 4) is 0 Å². The summed E-state index contributed by atoms with van der Waals surface area (Å²) in [6.45, 7) is 6.04. The minimum absolute atomic E-state index is 0.0132. The zero-order chi connectivity index (χ0) is 16.1. The van der Waals surface area contributed by atoms with Crippen LogP contribution in [0.4, 0.5) is 13.2 Å². The van der Waals surface area contributed by atoms with Crippen LogP contribution >= 0.6 is 0 Å². The van der Waals surface area contributed by atoms with E-state index in [0.717, 1.165) is 0 Å².